The first-order chi connectivity index (χ1) is 14.6. The van der Waals surface area contributed by atoms with Gasteiger partial charge < -0.3 is 10.1 Å². The molecule has 0 bridgehead atoms. The highest BCUT2D eigenvalue weighted by Gasteiger charge is 2.45. The largest absolute Gasteiger partial charge is 0.472 e. The van der Waals surface area contributed by atoms with Crippen LogP contribution >= 0.6 is 0 Å². The van der Waals surface area contributed by atoms with Gasteiger partial charge in [0, 0.05) is 25.8 Å². The van der Waals surface area contributed by atoms with Crippen LogP contribution in [-0.2, 0) is 14.8 Å². The SMILES string of the molecule is CN(C)S(=O)(=O)c1ccc(Nc2ncc3c(n2)N(C2CCCC2)C(=O)C(C)(C)O3)cc1. The van der Waals surface area contributed by atoms with E-state index in [0.717, 1.165) is 30.0 Å². The number of nitrogens with zero attached hydrogens (tertiary/aromatic N) is 4. The Hall–Kier alpha value is -2.72. The summed E-state index contributed by atoms with van der Waals surface area (Å²) in [5.74, 6) is 1.16. The Morgan fingerprint density at radius 2 is 1.81 bits per heavy atom. The molecule has 1 aliphatic heterocycles. The highest BCUT2D eigenvalue weighted by molar-refractivity contribution is 7.89. The molecule has 10 heteroatoms. The smallest absolute Gasteiger partial charge is 0.272 e. The fourth-order valence-electron chi connectivity index (χ4n) is 3.92. The van der Waals surface area contributed by atoms with E-state index in [0.29, 0.717) is 23.2 Å². The zero-order valence-corrected chi connectivity index (χ0v) is 18.9. The standard InChI is InChI=1S/C21H27N5O4S/c1-21(2)19(27)26(15-7-5-6-8-15)18-17(30-21)13-22-20(24-18)23-14-9-11-16(12-10-14)31(28,29)25(3)4/h9-13,15H,5-8H2,1-4H3,(H,22,23,24). The number of carbonyl (C=O) groups is 1. The van der Waals surface area contributed by atoms with Gasteiger partial charge in [0.15, 0.2) is 17.2 Å². The molecule has 9 nitrogen and oxygen atoms in total. The molecule has 1 fully saturated rings. The molecule has 1 aliphatic carbocycles. The van der Waals surface area contributed by atoms with E-state index in [1.165, 1.54) is 26.2 Å². The van der Waals surface area contributed by atoms with Crippen LogP contribution in [0.2, 0.25) is 0 Å². The second kappa shape index (κ2) is 7.76. The van der Waals surface area contributed by atoms with E-state index >= 15 is 0 Å². The van der Waals surface area contributed by atoms with E-state index in [1.54, 1.807) is 37.1 Å². The second-order valence-electron chi connectivity index (χ2n) is 8.54. The van der Waals surface area contributed by atoms with Crippen LogP contribution < -0.4 is 15.0 Å². The molecule has 2 aliphatic rings. The van der Waals surface area contributed by atoms with Gasteiger partial charge in [-0.2, -0.15) is 4.98 Å². The number of carbonyl (C=O) groups excluding carboxylic acids is 1. The number of hydrogen-bond acceptors (Lipinski definition) is 7. The molecule has 4 rings (SSSR count). The Kier molecular flexibility index (Phi) is 5.38. The molecule has 1 saturated carbocycles. The normalized spacial score (nSPS) is 18.7. The Morgan fingerprint density at radius 3 is 2.42 bits per heavy atom. The van der Waals surface area contributed by atoms with Crippen LogP contribution in [0.1, 0.15) is 39.5 Å². The van der Waals surface area contributed by atoms with Crippen molar-refractivity contribution in [1.29, 1.82) is 0 Å². The molecule has 0 saturated heterocycles. The van der Waals surface area contributed by atoms with E-state index in [-0.39, 0.29) is 16.8 Å². The van der Waals surface area contributed by atoms with Crippen LogP contribution in [0.3, 0.4) is 0 Å². The minimum absolute atomic E-state index is 0.102. The number of fused-ring (bicyclic) bond motifs is 1. The van der Waals surface area contributed by atoms with Gasteiger partial charge in [-0.15, -0.1) is 0 Å². The number of hydrogen-bond donors (Lipinski definition) is 1. The van der Waals surface area contributed by atoms with Gasteiger partial charge in [0.2, 0.25) is 16.0 Å². The van der Waals surface area contributed by atoms with Crippen LogP contribution in [0.4, 0.5) is 17.5 Å². The third-order valence-corrected chi connectivity index (χ3v) is 7.47. The maximum absolute atomic E-state index is 13.1. The third-order valence-electron chi connectivity index (χ3n) is 5.64. The first kappa shape index (κ1) is 21.5. The Balaban J connectivity index is 1.63. The third kappa shape index (κ3) is 3.97. The lowest BCUT2D eigenvalue weighted by molar-refractivity contribution is -0.133. The Morgan fingerprint density at radius 1 is 1.16 bits per heavy atom. The topological polar surface area (TPSA) is 105 Å². The van der Waals surface area contributed by atoms with Gasteiger partial charge in [0.25, 0.3) is 5.91 Å². The van der Waals surface area contributed by atoms with E-state index in [9.17, 15) is 13.2 Å². The summed E-state index contributed by atoms with van der Waals surface area (Å²) in [4.78, 5) is 24.0. The number of nitrogens with one attached hydrogen (secondary N) is 1. The summed E-state index contributed by atoms with van der Waals surface area (Å²) >= 11 is 0. The molecule has 0 unspecified atom stereocenters. The predicted molar refractivity (Wildman–Crippen MR) is 117 cm³/mol. The van der Waals surface area contributed by atoms with Gasteiger partial charge in [-0.25, -0.2) is 17.7 Å². The molecule has 31 heavy (non-hydrogen) atoms. The molecule has 1 N–H and O–H groups in total. The van der Waals surface area contributed by atoms with Crippen molar-refractivity contribution >= 4 is 33.4 Å². The molecular formula is C21H27N5O4S. The van der Waals surface area contributed by atoms with Gasteiger partial charge in [-0.1, -0.05) is 12.8 Å². The van der Waals surface area contributed by atoms with Crippen molar-refractivity contribution in [3.05, 3.63) is 30.5 Å². The van der Waals surface area contributed by atoms with Crippen LogP contribution in [0, 0.1) is 0 Å². The lowest BCUT2D eigenvalue weighted by atomic mass is 10.0. The lowest BCUT2D eigenvalue weighted by Crippen LogP contribution is -2.55. The summed E-state index contributed by atoms with van der Waals surface area (Å²) in [5, 5.41) is 3.08. The van der Waals surface area contributed by atoms with Crippen molar-refractivity contribution < 1.29 is 17.9 Å². The van der Waals surface area contributed by atoms with Crippen LogP contribution in [0.5, 0.6) is 5.75 Å². The molecule has 166 valence electrons. The maximum atomic E-state index is 13.1. The molecule has 1 aromatic carbocycles. The van der Waals surface area contributed by atoms with Crippen molar-refractivity contribution in [1.82, 2.24) is 14.3 Å². The average Bonchev–Trinajstić information content (AvgIpc) is 3.24. The summed E-state index contributed by atoms with van der Waals surface area (Å²) < 4.78 is 31.5. The van der Waals surface area contributed by atoms with E-state index in [2.05, 4.69) is 15.3 Å². The minimum Gasteiger partial charge on any atom is -0.472 e. The second-order valence-corrected chi connectivity index (χ2v) is 10.7. The first-order valence-corrected chi connectivity index (χ1v) is 11.7. The predicted octanol–water partition coefficient (Wildman–Crippen LogP) is 2.92. The first-order valence-electron chi connectivity index (χ1n) is 10.3. The quantitative estimate of drug-likeness (QED) is 0.754. The summed E-state index contributed by atoms with van der Waals surface area (Å²) in [5.41, 5.74) is -0.338. The lowest BCUT2D eigenvalue weighted by Gasteiger charge is -2.40. The molecule has 0 radical (unpaired) electrons. The average molecular weight is 446 g/mol. The van der Waals surface area contributed by atoms with Crippen LogP contribution in [-0.4, -0.2) is 54.3 Å². The summed E-state index contributed by atoms with van der Waals surface area (Å²) in [6, 6.07) is 6.46. The molecule has 1 aromatic heterocycles. The zero-order chi connectivity index (χ0) is 22.4. The molecule has 2 aromatic rings. The van der Waals surface area contributed by atoms with Crippen molar-refractivity contribution in [2.75, 3.05) is 24.3 Å². The van der Waals surface area contributed by atoms with Gasteiger partial charge in [0.05, 0.1) is 11.1 Å². The van der Waals surface area contributed by atoms with E-state index in [4.69, 9.17) is 4.74 Å². The van der Waals surface area contributed by atoms with E-state index in [1.807, 2.05) is 0 Å². The van der Waals surface area contributed by atoms with Crippen molar-refractivity contribution in [2.24, 2.45) is 0 Å². The monoisotopic (exact) mass is 445 g/mol. The highest BCUT2D eigenvalue weighted by atomic mass is 32.2. The molecule has 0 atom stereocenters. The zero-order valence-electron chi connectivity index (χ0n) is 18.1. The Bertz CT molecular complexity index is 1090. The molecule has 2 heterocycles. The van der Waals surface area contributed by atoms with Crippen LogP contribution in [0.15, 0.2) is 35.4 Å². The summed E-state index contributed by atoms with van der Waals surface area (Å²) in [6.07, 6.45) is 5.63. The van der Waals surface area contributed by atoms with Crippen molar-refractivity contribution in [2.45, 2.75) is 56.1 Å². The number of aromatic nitrogens is 2. The van der Waals surface area contributed by atoms with E-state index < -0.39 is 15.6 Å². The number of amides is 1. The fraction of sp³-hybridized carbons (Fsp3) is 0.476. The van der Waals surface area contributed by atoms with Crippen molar-refractivity contribution in [3.63, 3.8) is 0 Å². The highest BCUT2D eigenvalue weighted by Crippen LogP contribution is 2.40. The van der Waals surface area contributed by atoms with Gasteiger partial charge in [0.1, 0.15) is 0 Å². The van der Waals surface area contributed by atoms with Crippen molar-refractivity contribution in [3.8, 4) is 5.75 Å². The number of sulfonamides is 1. The summed E-state index contributed by atoms with van der Waals surface area (Å²) in [7, 11) is -0.520. The van der Waals surface area contributed by atoms with Gasteiger partial charge in [-0.3, -0.25) is 9.69 Å². The van der Waals surface area contributed by atoms with Crippen LogP contribution in [0.25, 0.3) is 0 Å². The molecular weight excluding hydrogens is 418 g/mol. The molecule has 1 amide bonds. The number of rotatable bonds is 5. The number of ether oxygens (including phenoxy) is 1. The fourth-order valence-corrected chi connectivity index (χ4v) is 4.82. The van der Waals surface area contributed by atoms with Gasteiger partial charge >= 0.3 is 0 Å². The summed E-state index contributed by atoms with van der Waals surface area (Å²) in [6.45, 7) is 3.52. The number of benzene rings is 1. The molecule has 0 spiro atoms. The number of anilines is 3. The Labute approximate surface area is 182 Å². The minimum atomic E-state index is -3.50. The maximum Gasteiger partial charge on any atom is 0.272 e. The van der Waals surface area contributed by atoms with Gasteiger partial charge in [-0.05, 0) is 51.0 Å².